The maximum atomic E-state index is 12.4. The van der Waals surface area contributed by atoms with Gasteiger partial charge < -0.3 is 24.8 Å². The van der Waals surface area contributed by atoms with E-state index >= 15 is 0 Å². The van der Waals surface area contributed by atoms with Gasteiger partial charge in [0.2, 0.25) is 0 Å². The van der Waals surface area contributed by atoms with E-state index in [4.69, 9.17) is 14.2 Å². The van der Waals surface area contributed by atoms with Crippen LogP contribution in [0.4, 0.5) is 5.69 Å². The van der Waals surface area contributed by atoms with Gasteiger partial charge in [-0.15, -0.1) is 0 Å². The maximum Gasteiger partial charge on any atom is 0.270 e. The van der Waals surface area contributed by atoms with Crippen molar-refractivity contribution >= 4 is 11.6 Å². The molecule has 1 atom stereocenters. The second-order valence-electron chi connectivity index (χ2n) is 6.32. The van der Waals surface area contributed by atoms with E-state index in [1.807, 2.05) is 24.3 Å². The number of ether oxygens (including phenoxy) is 3. The van der Waals surface area contributed by atoms with Crippen molar-refractivity contribution in [3.8, 4) is 11.5 Å². The summed E-state index contributed by atoms with van der Waals surface area (Å²) in [7, 11) is 3.17. The molecule has 3 rings (SSSR count). The zero-order chi connectivity index (χ0) is 19.1. The molecule has 1 saturated heterocycles. The van der Waals surface area contributed by atoms with E-state index < -0.39 is 0 Å². The van der Waals surface area contributed by atoms with Crippen LogP contribution in [-0.4, -0.2) is 44.4 Å². The Bertz CT molecular complexity index is 776. The van der Waals surface area contributed by atoms with Crippen molar-refractivity contribution in [1.82, 2.24) is 10.3 Å². The fourth-order valence-corrected chi connectivity index (χ4v) is 2.97. The van der Waals surface area contributed by atoms with Crippen molar-refractivity contribution in [2.75, 3.05) is 32.7 Å². The lowest BCUT2D eigenvalue weighted by molar-refractivity contribution is 0.0946. The van der Waals surface area contributed by atoms with E-state index in [1.54, 1.807) is 26.5 Å². The number of pyridine rings is 1. The van der Waals surface area contributed by atoms with Gasteiger partial charge in [-0.1, -0.05) is 6.07 Å². The Hall–Kier alpha value is -2.80. The minimum atomic E-state index is -0.231. The number of carbonyl (C=O) groups excluding carboxylic acids is 1. The van der Waals surface area contributed by atoms with Gasteiger partial charge in [0.25, 0.3) is 5.91 Å². The number of aromatic nitrogens is 1. The Morgan fingerprint density at radius 1 is 1.22 bits per heavy atom. The Kier molecular flexibility index (Phi) is 6.49. The number of hydrogen-bond donors (Lipinski definition) is 2. The number of methoxy groups -OCH3 is 2. The molecular formula is C20H25N3O4. The van der Waals surface area contributed by atoms with Gasteiger partial charge in [-0.25, -0.2) is 0 Å². The van der Waals surface area contributed by atoms with Crippen LogP contribution in [0, 0.1) is 0 Å². The van der Waals surface area contributed by atoms with Crippen LogP contribution in [0.25, 0.3) is 0 Å². The molecule has 1 aliphatic heterocycles. The Morgan fingerprint density at radius 3 is 2.81 bits per heavy atom. The SMILES string of the molecule is COc1ccc(CNC(=O)c2cc(NCC3CCCO3)ccn2)cc1OC. The summed E-state index contributed by atoms with van der Waals surface area (Å²) in [6, 6.07) is 9.13. The average Bonchev–Trinajstić information content (AvgIpc) is 3.24. The molecule has 2 heterocycles. The number of nitrogens with zero attached hydrogens (tertiary/aromatic N) is 1. The summed E-state index contributed by atoms with van der Waals surface area (Å²) in [6.45, 7) is 1.93. The molecule has 1 aromatic heterocycles. The van der Waals surface area contributed by atoms with Gasteiger partial charge in [0, 0.05) is 31.6 Å². The monoisotopic (exact) mass is 371 g/mol. The Labute approximate surface area is 159 Å². The molecule has 1 aromatic carbocycles. The molecule has 2 N–H and O–H groups in total. The van der Waals surface area contributed by atoms with Gasteiger partial charge in [0.15, 0.2) is 11.5 Å². The maximum absolute atomic E-state index is 12.4. The summed E-state index contributed by atoms with van der Waals surface area (Å²) in [5, 5.41) is 6.19. The van der Waals surface area contributed by atoms with Gasteiger partial charge in [0.1, 0.15) is 5.69 Å². The molecule has 2 aromatic rings. The second kappa shape index (κ2) is 9.23. The summed E-state index contributed by atoms with van der Waals surface area (Å²) >= 11 is 0. The van der Waals surface area contributed by atoms with Crippen LogP contribution in [0.2, 0.25) is 0 Å². The highest BCUT2D eigenvalue weighted by molar-refractivity contribution is 5.93. The highest BCUT2D eigenvalue weighted by Gasteiger charge is 2.15. The first-order chi connectivity index (χ1) is 13.2. The molecule has 1 aliphatic rings. The smallest absolute Gasteiger partial charge is 0.270 e. The summed E-state index contributed by atoms with van der Waals surface area (Å²) in [5.74, 6) is 1.05. The van der Waals surface area contributed by atoms with E-state index in [2.05, 4.69) is 15.6 Å². The second-order valence-corrected chi connectivity index (χ2v) is 6.32. The Morgan fingerprint density at radius 2 is 2.07 bits per heavy atom. The first-order valence-electron chi connectivity index (χ1n) is 9.00. The lowest BCUT2D eigenvalue weighted by atomic mass is 10.2. The van der Waals surface area contributed by atoms with Crippen molar-refractivity contribution in [2.45, 2.75) is 25.5 Å². The molecular weight excluding hydrogens is 346 g/mol. The van der Waals surface area contributed by atoms with E-state index in [-0.39, 0.29) is 12.0 Å². The topological polar surface area (TPSA) is 81.7 Å². The van der Waals surface area contributed by atoms with Gasteiger partial charge >= 0.3 is 0 Å². The molecule has 144 valence electrons. The van der Waals surface area contributed by atoms with Crippen LogP contribution in [-0.2, 0) is 11.3 Å². The van der Waals surface area contributed by atoms with Crippen LogP contribution in [0.3, 0.4) is 0 Å². The number of carbonyl (C=O) groups is 1. The van der Waals surface area contributed by atoms with Crippen LogP contribution >= 0.6 is 0 Å². The minimum absolute atomic E-state index is 0.231. The molecule has 1 unspecified atom stereocenters. The summed E-state index contributed by atoms with van der Waals surface area (Å²) in [4.78, 5) is 16.6. The molecule has 1 amide bonds. The van der Waals surface area contributed by atoms with Crippen molar-refractivity contribution in [3.63, 3.8) is 0 Å². The number of amides is 1. The van der Waals surface area contributed by atoms with Crippen LogP contribution in [0.15, 0.2) is 36.5 Å². The Balaban J connectivity index is 1.56. The normalized spacial score (nSPS) is 16.0. The van der Waals surface area contributed by atoms with Crippen molar-refractivity contribution in [3.05, 3.63) is 47.8 Å². The first kappa shape index (κ1) is 19.0. The van der Waals surface area contributed by atoms with Crippen molar-refractivity contribution in [1.29, 1.82) is 0 Å². The number of rotatable bonds is 8. The summed E-state index contributed by atoms with van der Waals surface area (Å²) < 4.78 is 16.1. The minimum Gasteiger partial charge on any atom is -0.493 e. The predicted molar refractivity (Wildman–Crippen MR) is 102 cm³/mol. The molecule has 27 heavy (non-hydrogen) atoms. The fraction of sp³-hybridized carbons (Fsp3) is 0.400. The standard InChI is InChI=1S/C20H25N3O4/c1-25-18-6-5-14(10-19(18)26-2)12-23-20(24)17-11-15(7-8-21-17)22-13-16-4-3-9-27-16/h5-8,10-11,16H,3-4,9,12-13H2,1-2H3,(H,21,22)(H,23,24). The van der Waals surface area contributed by atoms with Gasteiger partial charge in [-0.3, -0.25) is 9.78 Å². The average molecular weight is 371 g/mol. The van der Waals surface area contributed by atoms with Crippen LogP contribution in [0.1, 0.15) is 28.9 Å². The number of anilines is 1. The number of benzene rings is 1. The highest BCUT2D eigenvalue weighted by atomic mass is 16.5. The van der Waals surface area contributed by atoms with Crippen molar-refractivity contribution in [2.24, 2.45) is 0 Å². The summed E-state index contributed by atoms with van der Waals surface area (Å²) in [6.07, 6.45) is 4.03. The lowest BCUT2D eigenvalue weighted by Gasteiger charge is -2.13. The van der Waals surface area contributed by atoms with Gasteiger partial charge in [0.05, 0.1) is 20.3 Å². The number of hydrogen-bond acceptors (Lipinski definition) is 6. The van der Waals surface area contributed by atoms with E-state index in [9.17, 15) is 4.79 Å². The largest absolute Gasteiger partial charge is 0.493 e. The molecule has 7 nitrogen and oxygen atoms in total. The lowest BCUT2D eigenvalue weighted by Crippen LogP contribution is -2.24. The molecule has 0 spiro atoms. The third kappa shape index (κ3) is 5.10. The molecule has 1 fully saturated rings. The quantitative estimate of drug-likeness (QED) is 0.742. The van der Waals surface area contributed by atoms with E-state index in [1.165, 1.54) is 0 Å². The van der Waals surface area contributed by atoms with Crippen molar-refractivity contribution < 1.29 is 19.0 Å². The molecule has 0 radical (unpaired) electrons. The zero-order valence-corrected chi connectivity index (χ0v) is 15.7. The third-order valence-electron chi connectivity index (χ3n) is 4.45. The predicted octanol–water partition coefficient (Wildman–Crippen LogP) is 2.62. The van der Waals surface area contributed by atoms with Crippen LogP contribution < -0.4 is 20.1 Å². The van der Waals surface area contributed by atoms with Crippen LogP contribution in [0.5, 0.6) is 11.5 Å². The van der Waals surface area contributed by atoms with E-state index in [0.717, 1.165) is 37.2 Å². The molecule has 0 bridgehead atoms. The fourth-order valence-electron chi connectivity index (χ4n) is 2.97. The summed E-state index contributed by atoms with van der Waals surface area (Å²) in [5.41, 5.74) is 2.14. The van der Waals surface area contributed by atoms with Gasteiger partial charge in [-0.2, -0.15) is 0 Å². The molecule has 0 aliphatic carbocycles. The van der Waals surface area contributed by atoms with Gasteiger partial charge in [-0.05, 0) is 42.7 Å². The zero-order valence-electron chi connectivity index (χ0n) is 15.7. The third-order valence-corrected chi connectivity index (χ3v) is 4.45. The highest BCUT2D eigenvalue weighted by Crippen LogP contribution is 2.27. The first-order valence-corrected chi connectivity index (χ1v) is 9.00. The molecule has 0 saturated carbocycles. The molecule has 7 heteroatoms. The number of nitrogens with one attached hydrogen (secondary N) is 2. The van der Waals surface area contributed by atoms with E-state index in [0.29, 0.717) is 23.7 Å².